The van der Waals surface area contributed by atoms with Crippen molar-refractivity contribution in [1.29, 1.82) is 0 Å². The molecule has 3 rings (SSSR count). The number of nitro groups is 1. The second kappa shape index (κ2) is 9.01. The maximum absolute atomic E-state index is 12.3. The summed E-state index contributed by atoms with van der Waals surface area (Å²) in [7, 11) is 0. The van der Waals surface area contributed by atoms with Gasteiger partial charge in [-0.15, -0.1) is 0 Å². The van der Waals surface area contributed by atoms with Crippen LogP contribution >= 0.6 is 0 Å². The molecule has 29 heavy (non-hydrogen) atoms. The van der Waals surface area contributed by atoms with Crippen LogP contribution in [0.5, 0.6) is 0 Å². The third-order valence-corrected chi connectivity index (χ3v) is 4.80. The van der Waals surface area contributed by atoms with Crippen LogP contribution in [0.2, 0.25) is 0 Å². The molecule has 0 fully saturated rings. The number of rotatable bonds is 8. The number of allylic oxidation sites excluding steroid dienone is 2. The predicted molar refractivity (Wildman–Crippen MR) is 110 cm³/mol. The van der Waals surface area contributed by atoms with Gasteiger partial charge < -0.3 is 16.4 Å². The minimum Gasteiger partial charge on any atom is -0.379 e. The maximum atomic E-state index is 12.3. The van der Waals surface area contributed by atoms with Crippen molar-refractivity contribution in [3.8, 4) is 0 Å². The van der Waals surface area contributed by atoms with Crippen molar-refractivity contribution in [1.82, 2.24) is 0 Å². The summed E-state index contributed by atoms with van der Waals surface area (Å²) in [6.07, 6.45) is 6.56. The first-order valence-electron chi connectivity index (χ1n) is 9.30. The van der Waals surface area contributed by atoms with E-state index in [1.54, 1.807) is 18.2 Å². The largest absolute Gasteiger partial charge is 0.379 e. The minimum absolute atomic E-state index is 0.0763. The zero-order valence-electron chi connectivity index (χ0n) is 15.8. The normalized spacial score (nSPS) is 15.1. The first-order valence-corrected chi connectivity index (χ1v) is 9.30. The summed E-state index contributed by atoms with van der Waals surface area (Å²) in [6, 6.07) is 11.3. The molecule has 0 bridgehead atoms. The van der Waals surface area contributed by atoms with Crippen LogP contribution in [0.25, 0.3) is 0 Å². The number of benzene rings is 2. The highest BCUT2D eigenvalue weighted by molar-refractivity contribution is 5.95. The lowest BCUT2D eigenvalue weighted by Crippen LogP contribution is -2.16. The highest BCUT2D eigenvalue weighted by atomic mass is 16.6. The zero-order chi connectivity index (χ0) is 20.8. The van der Waals surface area contributed by atoms with Crippen molar-refractivity contribution in [2.45, 2.75) is 25.8 Å². The molecule has 0 saturated carbocycles. The van der Waals surface area contributed by atoms with Gasteiger partial charge in [0.15, 0.2) is 0 Å². The highest BCUT2D eigenvalue weighted by Crippen LogP contribution is 2.26. The van der Waals surface area contributed by atoms with E-state index in [0.29, 0.717) is 23.4 Å². The van der Waals surface area contributed by atoms with Gasteiger partial charge in [0.2, 0.25) is 11.8 Å². The number of primary amides is 1. The van der Waals surface area contributed by atoms with E-state index >= 15 is 0 Å². The summed E-state index contributed by atoms with van der Waals surface area (Å²) in [5.41, 5.74) is 6.74. The summed E-state index contributed by atoms with van der Waals surface area (Å²) < 4.78 is 0. The van der Waals surface area contributed by atoms with E-state index in [2.05, 4.69) is 22.8 Å². The van der Waals surface area contributed by atoms with Gasteiger partial charge in [-0.2, -0.15) is 0 Å². The van der Waals surface area contributed by atoms with E-state index in [4.69, 9.17) is 5.73 Å². The molecule has 1 aliphatic carbocycles. The number of anilines is 2. The molecule has 4 N–H and O–H groups in total. The fraction of sp³-hybridized carbons (Fsp3) is 0.238. The minimum atomic E-state index is -0.724. The van der Waals surface area contributed by atoms with Gasteiger partial charge in [-0.3, -0.25) is 19.7 Å². The average molecular weight is 394 g/mol. The Kier molecular flexibility index (Phi) is 6.23. The molecule has 150 valence electrons. The van der Waals surface area contributed by atoms with Gasteiger partial charge in [0.25, 0.3) is 5.69 Å². The summed E-state index contributed by atoms with van der Waals surface area (Å²) in [4.78, 5) is 34.4. The van der Waals surface area contributed by atoms with Crippen molar-refractivity contribution in [2.75, 3.05) is 10.6 Å². The number of carbonyl (C=O) groups excluding carboxylic acids is 2. The van der Waals surface area contributed by atoms with Crippen LogP contribution < -0.4 is 16.4 Å². The summed E-state index contributed by atoms with van der Waals surface area (Å²) >= 11 is 0. The highest BCUT2D eigenvalue weighted by Gasteiger charge is 2.18. The molecular weight excluding hydrogens is 372 g/mol. The van der Waals surface area contributed by atoms with E-state index in [1.165, 1.54) is 18.2 Å². The number of para-hydroxylation sites is 2. The lowest BCUT2D eigenvalue weighted by Gasteiger charge is -2.14. The molecule has 1 unspecified atom stereocenters. The predicted octanol–water partition coefficient (Wildman–Crippen LogP) is 3.60. The van der Waals surface area contributed by atoms with Crippen LogP contribution in [0.4, 0.5) is 17.1 Å². The molecule has 2 aromatic carbocycles. The van der Waals surface area contributed by atoms with Crippen LogP contribution in [-0.4, -0.2) is 16.7 Å². The molecule has 0 saturated heterocycles. The number of nitro benzene ring substituents is 1. The molecule has 0 heterocycles. The third-order valence-electron chi connectivity index (χ3n) is 4.80. The lowest BCUT2D eigenvalue weighted by molar-refractivity contribution is -0.385. The second-order valence-corrected chi connectivity index (χ2v) is 6.88. The fourth-order valence-electron chi connectivity index (χ4n) is 3.28. The Morgan fingerprint density at radius 1 is 1.17 bits per heavy atom. The fourth-order valence-corrected chi connectivity index (χ4v) is 3.28. The molecule has 8 heteroatoms. The van der Waals surface area contributed by atoms with Gasteiger partial charge in [-0.25, -0.2) is 0 Å². The van der Waals surface area contributed by atoms with E-state index in [1.807, 2.05) is 6.07 Å². The number of amides is 2. The quantitative estimate of drug-likeness (QED) is 0.358. The monoisotopic (exact) mass is 394 g/mol. The number of carbonyl (C=O) groups is 2. The van der Waals surface area contributed by atoms with Crippen LogP contribution in [0.1, 0.15) is 35.2 Å². The second-order valence-electron chi connectivity index (χ2n) is 6.88. The van der Waals surface area contributed by atoms with Gasteiger partial charge in [0.1, 0.15) is 0 Å². The average Bonchev–Trinajstić information content (AvgIpc) is 3.19. The van der Waals surface area contributed by atoms with Crippen molar-refractivity contribution < 1.29 is 14.5 Å². The smallest absolute Gasteiger partial charge is 0.275 e. The Labute approximate surface area is 167 Å². The summed E-state index contributed by atoms with van der Waals surface area (Å²) in [5, 5.41) is 17.4. The maximum Gasteiger partial charge on any atom is 0.275 e. The first kappa shape index (κ1) is 20.1. The Balaban J connectivity index is 1.71. The topological polar surface area (TPSA) is 127 Å². The molecule has 2 amide bonds. The van der Waals surface area contributed by atoms with Gasteiger partial charge in [-0.1, -0.05) is 24.3 Å². The van der Waals surface area contributed by atoms with Crippen LogP contribution in [-0.2, 0) is 11.3 Å². The zero-order valence-corrected chi connectivity index (χ0v) is 15.8. The molecule has 8 nitrogen and oxygen atoms in total. The lowest BCUT2D eigenvalue weighted by atomic mass is 10.0. The molecule has 2 aromatic rings. The van der Waals surface area contributed by atoms with Crippen LogP contribution in [0.3, 0.4) is 0 Å². The van der Waals surface area contributed by atoms with Crippen LogP contribution in [0, 0.1) is 16.0 Å². The number of hydrogen-bond donors (Lipinski definition) is 3. The van der Waals surface area contributed by atoms with Gasteiger partial charge in [0.05, 0.1) is 16.3 Å². The number of nitrogens with two attached hydrogens (primary N) is 1. The Morgan fingerprint density at radius 3 is 2.59 bits per heavy atom. The Hall–Kier alpha value is -3.68. The molecule has 0 aliphatic heterocycles. The van der Waals surface area contributed by atoms with E-state index in [9.17, 15) is 19.7 Å². The SMILES string of the molecule is NC(=O)c1ccc(CNc2ccccc2NC(=O)CC2C=CCC2)c([N+](=O)[O-])c1. The van der Waals surface area contributed by atoms with Crippen molar-refractivity contribution in [3.63, 3.8) is 0 Å². The molecule has 1 aliphatic rings. The molecule has 0 radical (unpaired) electrons. The molecule has 1 atom stereocenters. The third kappa shape index (κ3) is 5.19. The van der Waals surface area contributed by atoms with Crippen molar-refractivity contribution in [3.05, 3.63) is 75.9 Å². The number of nitrogens with zero attached hydrogens (tertiary/aromatic N) is 1. The van der Waals surface area contributed by atoms with Gasteiger partial charge >= 0.3 is 0 Å². The molecular formula is C21H22N4O4. The molecule has 0 aromatic heterocycles. The van der Waals surface area contributed by atoms with E-state index in [0.717, 1.165) is 12.8 Å². The van der Waals surface area contributed by atoms with E-state index in [-0.39, 0.29) is 29.6 Å². The standard InChI is InChI=1S/C21H22N4O4/c22-21(27)15-9-10-16(19(12-15)25(28)29)13-23-17-7-3-4-8-18(17)24-20(26)11-14-5-1-2-6-14/h1,3-5,7-10,12,14,23H,2,6,11,13H2,(H2,22,27)(H,24,26). The van der Waals surface area contributed by atoms with Crippen molar-refractivity contribution >= 4 is 28.9 Å². The summed E-state index contributed by atoms with van der Waals surface area (Å²) in [5.74, 6) is -0.535. The van der Waals surface area contributed by atoms with Crippen molar-refractivity contribution in [2.24, 2.45) is 11.7 Å². The van der Waals surface area contributed by atoms with Gasteiger partial charge in [0, 0.05) is 30.2 Å². The summed E-state index contributed by atoms with van der Waals surface area (Å²) in [6.45, 7) is 0.146. The molecule has 0 spiro atoms. The van der Waals surface area contributed by atoms with E-state index < -0.39 is 10.8 Å². The number of nitrogens with one attached hydrogen (secondary N) is 2. The Morgan fingerprint density at radius 2 is 1.93 bits per heavy atom. The Bertz CT molecular complexity index is 971. The first-order chi connectivity index (χ1) is 13.9. The number of hydrogen-bond acceptors (Lipinski definition) is 5. The van der Waals surface area contributed by atoms with Gasteiger partial charge in [-0.05, 0) is 43.0 Å². The van der Waals surface area contributed by atoms with Crippen LogP contribution in [0.15, 0.2) is 54.6 Å².